The molecular weight excluding hydrogens is 318 g/mol. The molecule has 0 aromatic carbocycles. The second kappa shape index (κ2) is 2.71. The molecule has 0 aliphatic heterocycles. The number of aromatic amines is 1. The minimum absolute atomic E-state index is 0.823. The fourth-order valence-electron chi connectivity index (χ4n) is 0.845. The molecule has 11 heavy (non-hydrogen) atoms. The third-order valence-corrected chi connectivity index (χ3v) is 3.04. The maximum absolute atomic E-state index is 4.09. The summed E-state index contributed by atoms with van der Waals surface area (Å²) in [5.74, 6) is 0. The number of halogens is 1. The molecule has 1 atom stereocenters. The molecule has 0 bridgehead atoms. The van der Waals surface area contributed by atoms with Crippen molar-refractivity contribution in [2.45, 2.75) is 0 Å². The van der Waals surface area contributed by atoms with Crippen LogP contribution in [0.5, 0.6) is 0 Å². The molecule has 6 heteroatoms. The second-order valence-electron chi connectivity index (χ2n) is 2.00. The molecule has 0 fully saturated rings. The van der Waals surface area contributed by atoms with E-state index in [1.807, 2.05) is 0 Å². The van der Waals surface area contributed by atoms with Crippen molar-refractivity contribution in [3.8, 4) is 0 Å². The normalized spacial score (nSPS) is 10.7. The van der Waals surface area contributed by atoms with E-state index < -0.39 is 0 Å². The fourth-order valence-corrected chi connectivity index (χ4v) is 2.83. The summed E-state index contributed by atoms with van der Waals surface area (Å²) in [7, 11) is 0. The number of rotatable bonds is 0. The standard InChI is InChI=1S/C5H4AsIN4/c6-3-2-4(7)10-11-5(2)9-1-8-3/h1H,6H2,(H,8,9,10,11). The third-order valence-electron chi connectivity index (χ3n) is 1.34. The van der Waals surface area contributed by atoms with Crippen LogP contribution in [0.4, 0.5) is 0 Å². The molecule has 1 unspecified atom stereocenters. The summed E-state index contributed by atoms with van der Waals surface area (Å²) < 4.78 is 1.97. The van der Waals surface area contributed by atoms with Crippen LogP contribution in [0.15, 0.2) is 6.33 Å². The number of nitrogens with zero attached hydrogens (tertiary/aromatic N) is 3. The monoisotopic (exact) mass is 322 g/mol. The molecule has 0 saturated heterocycles. The van der Waals surface area contributed by atoms with Crippen LogP contribution in [-0.4, -0.2) is 37.0 Å². The summed E-state index contributed by atoms with van der Waals surface area (Å²) in [6.07, 6.45) is 1.55. The van der Waals surface area contributed by atoms with E-state index in [0.29, 0.717) is 0 Å². The van der Waals surface area contributed by atoms with Gasteiger partial charge in [0.2, 0.25) is 0 Å². The number of hydrogen-bond acceptors (Lipinski definition) is 3. The predicted octanol–water partition coefficient (Wildman–Crippen LogP) is -0.784. The van der Waals surface area contributed by atoms with Crippen molar-refractivity contribution in [3.63, 3.8) is 0 Å². The number of aromatic nitrogens is 4. The Morgan fingerprint density at radius 2 is 2.27 bits per heavy atom. The van der Waals surface area contributed by atoms with Crippen LogP contribution in [0.25, 0.3) is 11.0 Å². The minimum atomic E-state index is 0.823. The van der Waals surface area contributed by atoms with Gasteiger partial charge in [0.05, 0.1) is 0 Å². The molecule has 1 N–H and O–H groups in total. The zero-order valence-corrected chi connectivity index (χ0v) is 9.95. The van der Waals surface area contributed by atoms with E-state index in [9.17, 15) is 0 Å². The van der Waals surface area contributed by atoms with E-state index in [1.165, 1.54) is 16.9 Å². The summed E-state index contributed by atoms with van der Waals surface area (Å²) in [5, 5.41) is 7.90. The van der Waals surface area contributed by atoms with Crippen LogP contribution in [0, 0.1) is 3.70 Å². The van der Waals surface area contributed by atoms with Crippen LogP contribution in [0.2, 0.25) is 0 Å². The van der Waals surface area contributed by atoms with Gasteiger partial charge >= 0.3 is 85.2 Å². The average molecular weight is 322 g/mol. The van der Waals surface area contributed by atoms with E-state index >= 15 is 0 Å². The van der Waals surface area contributed by atoms with Crippen LogP contribution in [-0.2, 0) is 0 Å². The van der Waals surface area contributed by atoms with Crippen LogP contribution in [0.1, 0.15) is 0 Å². The first kappa shape index (κ1) is 7.49. The summed E-state index contributed by atoms with van der Waals surface area (Å²) in [6, 6.07) is 0. The van der Waals surface area contributed by atoms with Gasteiger partial charge in [0, 0.05) is 0 Å². The summed E-state index contributed by atoms with van der Waals surface area (Å²) in [4.78, 5) is 8.13. The van der Waals surface area contributed by atoms with Gasteiger partial charge in [0.15, 0.2) is 0 Å². The van der Waals surface area contributed by atoms with Crippen LogP contribution in [0.3, 0.4) is 0 Å². The van der Waals surface area contributed by atoms with E-state index in [1.54, 1.807) is 6.33 Å². The van der Waals surface area contributed by atoms with Gasteiger partial charge in [-0.15, -0.1) is 0 Å². The Labute approximate surface area is 84.8 Å². The Hall–Kier alpha value is -0.162. The first-order valence-electron chi connectivity index (χ1n) is 2.89. The molecule has 2 rings (SSSR count). The van der Waals surface area contributed by atoms with Gasteiger partial charge in [-0.2, -0.15) is 0 Å². The zero-order chi connectivity index (χ0) is 7.84. The maximum atomic E-state index is 4.09. The Kier molecular flexibility index (Phi) is 1.84. The van der Waals surface area contributed by atoms with Crippen molar-refractivity contribution in [1.29, 1.82) is 0 Å². The van der Waals surface area contributed by atoms with Gasteiger partial charge in [-0.1, -0.05) is 0 Å². The molecule has 2 aromatic rings. The van der Waals surface area contributed by atoms with Gasteiger partial charge in [0.1, 0.15) is 0 Å². The van der Waals surface area contributed by atoms with E-state index in [2.05, 4.69) is 42.8 Å². The van der Waals surface area contributed by atoms with Crippen molar-refractivity contribution in [2.24, 2.45) is 0 Å². The second-order valence-corrected chi connectivity index (χ2v) is 4.17. The first-order valence-corrected chi connectivity index (χ1v) is 5.18. The molecule has 0 amide bonds. The van der Waals surface area contributed by atoms with Gasteiger partial charge in [-0.3, -0.25) is 0 Å². The van der Waals surface area contributed by atoms with Crippen molar-refractivity contribution >= 4 is 55.0 Å². The Bertz CT molecular complexity index is 398. The van der Waals surface area contributed by atoms with Gasteiger partial charge < -0.3 is 0 Å². The number of nitrogens with one attached hydrogen (secondary N) is 1. The van der Waals surface area contributed by atoms with E-state index in [4.69, 9.17) is 0 Å². The quantitative estimate of drug-likeness (QED) is 0.511. The SMILES string of the molecule is [AsH2]c1ncnc2[nH]nc(I)c12. The van der Waals surface area contributed by atoms with Crippen molar-refractivity contribution in [1.82, 2.24) is 20.2 Å². The Morgan fingerprint density at radius 3 is 3.00 bits per heavy atom. The number of H-pyrrole nitrogens is 1. The summed E-state index contributed by atoms with van der Waals surface area (Å²) in [6.45, 7) is 0. The molecule has 2 aromatic heterocycles. The van der Waals surface area contributed by atoms with Gasteiger partial charge in [-0.25, -0.2) is 0 Å². The first-order chi connectivity index (χ1) is 5.29. The topological polar surface area (TPSA) is 54.5 Å². The van der Waals surface area contributed by atoms with Crippen LogP contribution < -0.4 is 4.48 Å². The molecule has 0 aliphatic rings. The molecule has 4 nitrogen and oxygen atoms in total. The van der Waals surface area contributed by atoms with Crippen molar-refractivity contribution in [2.75, 3.05) is 0 Å². The van der Waals surface area contributed by atoms with E-state index in [0.717, 1.165) is 19.2 Å². The molecule has 56 valence electrons. The number of hydrogen-bond donors (Lipinski definition) is 1. The average Bonchev–Trinajstić information content (AvgIpc) is 2.34. The molecule has 0 spiro atoms. The molecule has 2 heterocycles. The van der Waals surface area contributed by atoms with Gasteiger partial charge in [-0.05, 0) is 0 Å². The zero-order valence-electron chi connectivity index (χ0n) is 5.37. The molecule has 0 radical (unpaired) electrons. The number of fused-ring (bicyclic) bond motifs is 1. The molecule has 0 saturated carbocycles. The summed E-state index contributed by atoms with van der Waals surface area (Å²) >= 11 is 3.66. The van der Waals surface area contributed by atoms with Crippen LogP contribution >= 0.6 is 22.6 Å². The van der Waals surface area contributed by atoms with E-state index in [-0.39, 0.29) is 0 Å². The fraction of sp³-hybridized carbons (Fsp3) is 0. The predicted molar refractivity (Wildman–Crippen MR) is 52.6 cm³/mol. The molecular formula is C5H4AsIN4. The van der Waals surface area contributed by atoms with Crippen molar-refractivity contribution < 1.29 is 0 Å². The van der Waals surface area contributed by atoms with Gasteiger partial charge in [0.25, 0.3) is 0 Å². The molecule has 0 aliphatic carbocycles. The van der Waals surface area contributed by atoms with Crippen molar-refractivity contribution in [3.05, 3.63) is 10.0 Å². The Balaban J connectivity index is 2.96. The third kappa shape index (κ3) is 1.16. The Morgan fingerprint density at radius 1 is 1.45 bits per heavy atom. The summed E-state index contributed by atoms with van der Waals surface area (Å²) in [5.41, 5.74) is 0.823.